The van der Waals surface area contributed by atoms with Crippen LogP contribution in [0.1, 0.15) is 59.3 Å². The van der Waals surface area contributed by atoms with Gasteiger partial charge in [-0.05, 0) is 0 Å². The van der Waals surface area contributed by atoms with E-state index in [-0.39, 0.29) is 5.76 Å². The second-order valence-electron chi connectivity index (χ2n) is 6.60. The minimum absolute atomic E-state index is 0.211. The predicted octanol–water partition coefficient (Wildman–Crippen LogP) is 5.76. The van der Waals surface area contributed by atoms with E-state index >= 15 is 0 Å². The van der Waals surface area contributed by atoms with Crippen molar-refractivity contribution in [1.29, 1.82) is 0 Å². The van der Waals surface area contributed by atoms with Crippen molar-refractivity contribution < 1.29 is 4.42 Å². The van der Waals surface area contributed by atoms with Crippen LogP contribution in [0.3, 0.4) is 0 Å². The normalized spacial score (nSPS) is 12.0. The van der Waals surface area contributed by atoms with E-state index in [9.17, 15) is 4.79 Å². The topological polar surface area (TPSA) is 48.0 Å². The Balaban J connectivity index is 2.41. The van der Waals surface area contributed by atoms with E-state index in [1.54, 1.807) is 11.3 Å². The number of unbranched alkanes of at least 4 members (excludes halogenated alkanes) is 3. The first kappa shape index (κ1) is 19.8. The molecule has 0 aromatic carbocycles. The van der Waals surface area contributed by atoms with E-state index in [2.05, 4.69) is 20.8 Å². The molecule has 0 unspecified atom stereocenters. The van der Waals surface area contributed by atoms with Crippen molar-refractivity contribution in [2.45, 2.75) is 72.6 Å². The average molecular weight is 457 g/mol. The van der Waals surface area contributed by atoms with Gasteiger partial charge in [-0.2, -0.15) is 0 Å². The van der Waals surface area contributed by atoms with Gasteiger partial charge in [0, 0.05) is 0 Å². The van der Waals surface area contributed by atoms with Gasteiger partial charge >= 0.3 is 154 Å². The van der Waals surface area contributed by atoms with Crippen molar-refractivity contribution in [3.05, 3.63) is 28.1 Å². The fourth-order valence-electron chi connectivity index (χ4n) is 3.29. The van der Waals surface area contributed by atoms with Gasteiger partial charge in [-0.15, -0.1) is 0 Å². The molecule has 0 saturated heterocycles. The molecule has 24 heavy (non-hydrogen) atoms. The third-order valence-electron chi connectivity index (χ3n) is 4.72. The Kier molecular flexibility index (Phi) is 8.07. The van der Waals surface area contributed by atoms with Crippen LogP contribution in [-0.2, 0) is 0 Å². The number of hydrogen-bond donors (Lipinski definition) is 0. The van der Waals surface area contributed by atoms with Crippen LogP contribution in [0.5, 0.6) is 0 Å². The van der Waals surface area contributed by atoms with Crippen LogP contribution in [0.2, 0.25) is 13.3 Å². The predicted molar refractivity (Wildman–Crippen MR) is 104 cm³/mol. The molecule has 2 aromatic heterocycles. The Hall–Kier alpha value is -0.561. The summed E-state index contributed by atoms with van der Waals surface area (Å²) in [4.78, 5) is 13.6. The van der Waals surface area contributed by atoms with E-state index in [0.29, 0.717) is 5.89 Å². The maximum atomic E-state index is 12.7. The molecular weight excluding hydrogens is 427 g/mol. The van der Waals surface area contributed by atoms with Gasteiger partial charge in [0.05, 0.1) is 0 Å². The summed E-state index contributed by atoms with van der Waals surface area (Å²) in [6.07, 6.45) is 7.16. The maximum absolute atomic E-state index is 12.7. The van der Waals surface area contributed by atoms with Gasteiger partial charge in [-0.1, -0.05) is 0 Å². The summed E-state index contributed by atoms with van der Waals surface area (Å²) in [6, 6.07) is 3.95. The molecule has 6 heteroatoms. The van der Waals surface area contributed by atoms with Gasteiger partial charge in [0.2, 0.25) is 0 Å². The van der Waals surface area contributed by atoms with Gasteiger partial charge in [-0.3, -0.25) is 0 Å². The molecule has 0 aliphatic carbocycles. The molecular formula is C18H30N2O2SSn. The quantitative estimate of drug-likeness (QED) is 0.404. The van der Waals surface area contributed by atoms with Crippen molar-refractivity contribution in [3.63, 3.8) is 0 Å². The average Bonchev–Trinajstić information content (AvgIpc) is 3.24. The van der Waals surface area contributed by atoms with Gasteiger partial charge < -0.3 is 0 Å². The second-order valence-corrected chi connectivity index (χ2v) is 20.0. The van der Waals surface area contributed by atoms with Crippen molar-refractivity contribution in [2.75, 3.05) is 0 Å². The Morgan fingerprint density at radius 1 is 1.08 bits per heavy atom. The molecule has 0 spiro atoms. The van der Waals surface area contributed by atoms with Crippen molar-refractivity contribution in [3.8, 4) is 10.8 Å². The van der Waals surface area contributed by atoms with E-state index in [1.807, 2.05) is 20.4 Å². The summed E-state index contributed by atoms with van der Waals surface area (Å²) in [5.41, 5.74) is 0. The molecule has 2 aromatic rings. The van der Waals surface area contributed by atoms with Crippen molar-refractivity contribution >= 4 is 30.0 Å². The molecule has 0 amide bonds. The summed E-state index contributed by atoms with van der Waals surface area (Å²) in [7, 11) is 0. The molecule has 2 rings (SSSR count). The van der Waals surface area contributed by atoms with E-state index in [4.69, 9.17) is 9.52 Å². The number of aromatic nitrogens is 2. The number of rotatable bonds is 11. The van der Waals surface area contributed by atoms with E-state index in [0.717, 1.165) is 4.88 Å². The molecule has 134 valence electrons. The molecule has 4 nitrogen and oxygen atoms in total. The van der Waals surface area contributed by atoms with Crippen LogP contribution in [0.15, 0.2) is 26.7 Å². The molecule has 0 N–H and O–H groups in total. The number of thiophene rings is 1. The summed E-state index contributed by atoms with van der Waals surface area (Å²) in [5, 5.41) is 6.72. The molecule has 2 heterocycles. The number of hydrogen-bond acceptors (Lipinski definition) is 4. The van der Waals surface area contributed by atoms with Crippen LogP contribution in [0, 0.1) is 0 Å². The first-order valence-corrected chi connectivity index (χ1v) is 17.5. The first-order valence-electron chi connectivity index (χ1n) is 9.31. The first-order chi connectivity index (χ1) is 11.7. The van der Waals surface area contributed by atoms with Gasteiger partial charge in [0.1, 0.15) is 0 Å². The van der Waals surface area contributed by atoms with Crippen LogP contribution in [-0.4, -0.2) is 26.7 Å². The summed E-state index contributed by atoms with van der Waals surface area (Å²) in [6.45, 7) is 6.71. The molecule has 0 atom stereocenters. The van der Waals surface area contributed by atoms with Gasteiger partial charge in [0.25, 0.3) is 0 Å². The number of nitrogens with zero attached hydrogens (tertiary/aromatic N) is 2. The zero-order chi connectivity index (χ0) is 17.4. The van der Waals surface area contributed by atoms with Crippen LogP contribution >= 0.6 is 11.3 Å². The molecule has 0 aliphatic heterocycles. The zero-order valence-electron chi connectivity index (χ0n) is 15.2. The third kappa shape index (κ3) is 4.75. The van der Waals surface area contributed by atoms with E-state index in [1.165, 1.54) is 51.8 Å². The summed E-state index contributed by atoms with van der Waals surface area (Å²) in [5.74, 6) is 0.304. The van der Waals surface area contributed by atoms with Gasteiger partial charge in [0.15, 0.2) is 0 Å². The Bertz CT molecular complexity index is 627. The fourth-order valence-corrected chi connectivity index (χ4v) is 18.6. The van der Waals surface area contributed by atoms with Crippen molar-refractivity contribution in [1.82, 2.24) is 8.00 Å². The molecule has 0 aliphatic rings. The molecule has 0 radical (unpaired) electrons. The Morgan fingerprint density at radius 3 is 2.12 bits per heavy atom. The van der Waals surface area contributed by atoms with Gasteiger partial charge in [-0.25, -0.2) is 0 Å². The second kappa shape index (κ2) is 9.80. The summed E-state index contributed by atoms with van der Waals surface area (Å²) >= 11 is -1.30. The van der Waals surface area contributed by atoms with Crippen LogP contribution < -0.4 is 5.76 Å². The fraction of sp³-hybridized carbons (Fsp3) is 0.667. The minimum atomic E-state index is -2.87. The molecule has 0 fully saturated rings. The Morgan fingerprint density at radius 2 is 1.67 bits per heavy atom. The monoisotopic (exact) mass is 458 g/mol. The Labute approximate surface area is 153 Å². The van der Waals surface area contributed by atoms with Crippen molar-refractivity contribution in [2.24, 2.45) is 0 Å². The molecule has 0 bridgehead atoms. The SMILES string of the molecule is CCC[CH2][Sn]([CH2]CCC)([CH2]CCC)[n]1nc(-c2cccs2)oc1=O. The third-order valence-corrected chi connectivity index (χ3v) is 19.9. The molecule has 0 saturated carbocycles. The van der Waals surface area contributed by atoms with Crippen LogP contribution in [0.25, 0.3) is 10.8 Å². The zero-order valence-corrected chi connectivity index (χ0v) is 18.9. The standard InChI is InChI=1S/C6H4N2O2S.3C4H9.Sn/c9-6-8-7-5(10-6)4-2-1-3-11-4;3*1-3-4-2;/h1-3H,(H,8,9);3*1,3-4H2,2H3;/q;;;;+1/p-1. The van der Waals surface area contributed by atoms with E-state index < -0.39 is 18.7 Å². The summed E-state index contributed by atoms with van der Waals surface area (Å²) < 4.78 is 11.1. The van der Waals surface area contributed by atoms with Crippen LogP contribution in [0.4, 0.5) is 0 Å².